The molecule has 0 aromatic heterocycles. The van der Waals surface area contributed by atoms with Crippen LogP contribution in [0.4, 0.5) is 5.69 Å². The van der Waals surface area contributed by atoms with E-state index in [1.54, 1.807) is 7.11 Å². The number of methoxy groups -OCH3 is 1. The first kappa shape index (κ1) is 12.9. The Bertz CT molecular complexity index is 423. The molecule has 0 spiro atoms. The number of nitrogens with one attached hydrogen (secondary N) is 1. The molecule has 18 heavy (non-hydrogen) atoms. The van der Waals surface area contributed by atoms with Crippen LogP contribution < -0.4 is 10.1 Å². The lowest BCUT2D eigenvalue weighted by Crippen LogP contribution is -2.25. The van der Waals surface area contributed by atoms with Crippen molar-refractivity contribution in [2.45, 2.75) is 39.0 Å². The van der Waals surface area contributed by atoms with Gasteiger partial charge in [0.05, 0.1) is 7.11 Å². The maximum Gasteiger partial charge on any atom is 0.227 e. The second-order valence-electron chi connectivity index (χ2n) is 5.01. The molecule has 1 aromatic rings. The first-order valence-corrected chi connectivity index (χ1v) is 6.66. The molecule has 1 aliphatic carbocycles. The van der Waals surface area contributed by atoms with E-state index in [-0.39, 0.29) is 11.8 Å². The van der Waals surface area contributed by atoms with E-state index < -0.39 is 0 Å². The van der Waals surface area contributed by atoms with Gasteiger partial charge in [0, 0.05) is 11.6 Å². The highest BCUT2D eigenvalue weighted by Gasteiger charge is 2.21. The monoisotopic (exact) mass is 247 g/mol. The van der Waals surface area contributed by atoms with Gasteiger partial charge in [0.2, 0.25) is 5.91 Å². The molecule has 1 N–H and O–H groups in total. The molecule has 0 atom stereocenters. The number of hydrogen-bond acceptors (Lipinski definition) is 2. The Labute approximate surface area is 109 Å². The molecule has 0 unspecified atom stereocenters. The van der Waals surface area contributed by atoms with Crippen LogP contribution in [-0.2, 0) is 4.79 Å². The van der Waals surface area contributed by atoms with E-state index in [0.717, 1.165) is 29.8 Å². The third kappa shape index (κ3) is 3.03. The second kappa shape index (κ2) is 5.89. The average Bonchev–Trinajstić information content (AvgIpc) is 2.42. The van der Waals surface area contributed by atoms with Gasteiger partial charge in [-0.2, -0.15) is 0 Å². The van der Waals surface area contributed by atoms with Crippen LogP contribution in [0, 0.1) is 12.8 Å². The zero-order chi connectivity index (χ0) is 13.0. The minimum absolute atomic E-state index is 0.169. The lowest BCUT2D eigenvalue weighted by molar-refractivity contribution is -0.120. The Morgan fingerprint density at radius 3 is 2.61 bits per heavy atom. The maximum absolute atomic E-state index is 12.1. The first-order valence-electron chi connectivity index (χ1n) is 6.66. The summed E-state index contributed by atoms with van der Waals surface area (Å²) in [6, 6.07) is 5.73. The summed E-state index contributed by atoms with van der Waals surface area (Å²) in [6.45, 7) is 1.99. The second-order valence-corrected chi connectivity index (χ2v) is 5.01. The van der Waals surface area contributed by atoms with Crippen molar-refractivity contribution in [2.24, 2.45) is 5.92 Å². The van der Waals surface area contributed by atoms with Gasteiger partial charge in [-0.05, 0) is 43.5 Å². The van der Waals surface area contributed by atoms with Crippen molar-refractivity contribution in [3.63, 3.8) is 0 Å². The van der Waals surface area contributed by atoms with Gasteiger partial charge in [-0.25, -0.2) is 0 Å². The van der Waals surface area contributed by atoms with Crippen LogP contribution in [-0.4, -0.2) is 13.0 Å². The summed E-state index contributed by atoms with van der Waals surface area (Å²) in [7, 11) is 1.65. The molecule has 1 amide bonds. The van der Waals surface area contributed by atoms with Crippen LogP contribution in [0.1, 0.15) is 37.7 Å². The third-order valence-corrected chi connectivity index (χ3v) is 3.67. The number of hydrogen-bond donors (Lipinski definition) is 1. The largest absolute Gasteiger partial charge is 0.497 e. The van der Waals surface area contributed by atoms with E-state index in [9.17, 15) is 4.79 Å². The maximum atomic E-state index is 12.1. The fourth-order valence-electron chi connectivity index (χ4n) is 2.50. The summed E-state index contributed by atoms with van der Waals surface area (Å²) in [5, 5.41) is 3.04. The van der Waals surface area contributed by atoms with Gasteiger partial charge in [-0.3, -0.25) is 4.79 Å². The van der Waals surface area contributed by atoms with E-state index in [1.165, 1.54) is 19.3 Å². The minimum atomic E-state index is 0.169. The Morgan fingerprint density at radius 2 is 2.00 bits per heavy atom. The Morgan fingerprint density at radius 1 is 1.28 bits per heavy atom. The van der Waals surface area contributed by atoms with E-state index in [4.69, 9.17) is 4.74 Å². The van der Waals surface area contributed by atoms with Gasteiger partial charge < -0.3 is 10.1 Å². The van der Waals surface area contributed by atoms with Crippen LogP contribution in [0.3, 0.4) is 0 Å². The van der Waals surface area contributed by atoms with Gasteiger partial charge in [0.25, 0.3) is 0 Å². The molecule has 0 radical (unpaired) electrons. The zero-order valence-corrected chi connectivity index (χ0v) is 11.2. The normalized spacial score (nSPS) is 16.3. The Balaban J connectivity index is 2.02. The SMILES string of the molecule is COc1ccc(NC(=O)C2CCCCC2)c(C)c1. The van der Waals surface area contributed by atoms with Gasteiger partial charge in [0.15, 0.2) is 0 Å². The van der Waals surface area contributed by atoms with Gasteiger partial charge in [0.1, 0.15) is 5.75 Å². The molecular weight excluding hydrogens is 226 g/mol. The van der Waals surface area contributed by atoms with Crippen molar-refractivity contribution >= 4 is 11.6 Å². The molecule has 0 saturated heterocycles. The van der Waals surface area contributed by atoms with Crippen molar-refractivity contribution in [2.75, 3.05) is 12.4 Å². The fourth-order valence-corrected chi connectivity index (χ4v) is 2.50. The predicted octanol–water partition coefficient (Wildman–Crippen LogP) is 3.52. The van der Waals surface area contributed by atoms with Crippen LogP contribution in [0.5, 0.6) is 5.75 Å². The van der Waals surface area contributed by atoms with E-state index in [0.29, 0.717) is 0 Å². The first-order chi connectivity index (χ1) is 8.70. The number of rotatable bonds is 3. The smallest absolute Gasteiger partial charge is 0.227 e. The lowest BCUT2D eigenvalue weighted by atomic mass is 9.88. The number of benzene rings is 1. The van der Waals surface area contributed by atoms with E-state index in [1.807, 2.05) is 25.1 Å². The predicted molar refractivity (Wildman–Crippen MR) is 72.9 cm³/mol. The minimum Gasteiger partial charge on any atom is -0.497 e. The molecule has 3 heteroatoms. The molecular formula is C15H21NO2. The van der Waals surface area contributed by atoms with Gasteiger partial charge >= 0.3 is 0 Å². The fraction of sp³-hybridized carbons (Fsp3) is 0.533. The van der Waals surface area contributed by atoms with Gasteiger partial charge in [-0.1, -0.05) is 19.3 Å². The summed E-state index contributed by atoms with van der Waals surface area (Å²) in [5.74, 6) is 1.19. The van der Waals surface area contributed by atoms with Crippen molar-refractivity contribution in [3.05, 3.63) is 23.8 Å². The number of ether oxygens (including phenoxy) is 1. The van der Waals surface area contributed by atoms with Crippen LogP contribution in [0.15, 0.2) is 18.2 Å². The van der Waals surface area contributed by atoms with Crippen LogP contribution in [0.2, 0.25) is 0 Å². The highest BCUT2D eigenvalue weighted by atomic mass is 16.5. The molecule has 3 nitrogen and oxygen atoms in total. The number of amides is 1. The summed E-state index contributed by atoms with van der Waals surface area (Å²) >= 11 is 0. The Kier molecular flexibility index (Phi) is 4.24. The third-order valence-electron chi connectivity index (χ3n) is 3.67. The standard InChI is InChI=1S/C15H21NO2/c1-11-10-13(18-2)8-9-14(11)16-15(17)12-6-4-3-5-7-12/h8-10,12H,3-7H2,1-2H3,(H,16,17). The van der Waals surface area contributed by atoms with E-state index >= 15 is 0 Å². The molecule has 0 bridgehead atoms. The number of anilines is 1. The van der Waals surface area contributed by atoms with Crippen molar-refractivity contribution in [1.82, 2.24) is 0 Å². The van der Waals surface area contributed by atoms with Crippen molar-refractivity contribution < 1.29 is 9.53 Å². The Hall–Kier alpha value is -1.51. The number of aryl methyl sites for hydroxylation is 1. The summed E-state index contributed by atoms with van der Waals surface area (Å²) in [6.07, 6.45) is 5.69. The van der Waals surface area contributed by atoms with E-state index in [2.05, 4.69) is 5.32 Å². The lowest BCUT2D eigenvalue weighted by Gasteiger charge is -2.21. The molecule has 1 saturated carbocycles. The highest BCUT2D eigenvalue weighted by Crippen LogP contribution is 2.26. The topological polar surface area (TPSA) is 38.3 Å². The summed E-state index contributed by atoms with van der Waals surface area (Å²) < 4.78 is 5.16. The quantitative estimate of drug-likeness (QED) is 0.887. The van der Waals surface area contributed by atoms with Crippen LogP contribution in [0.25, 0.3) is 0 Å². The van der Waals surface area contributed by atoms with Crippen LogP contribution >= 0.6 is 0 Å². The number of carbonyl (C=O) groups is 1. The van der Waals surface area contributed by atoms with Crippen molar-refractivity contribution in [3.8, 4) is 5.75 Å². The molecule has 0 heterocycles. The molecule has 2 rings (SSSR count). The van der Waals surface area contributed by atoms with Crippen molar-refractivity contribution in [1.29, 1.82) is 0 Å². The molecule has 1 fully saturated rings. The highest BCUT2D eigenvalue weighted by molar-refractivity contribution is 5.93. The molecule has 0 aliphatic heterocycles. The zero-order valence-electron chi connectivity index (χ0n) is 11.2. The molecule has 1 aliphatic rings. The summed E-state index contributed by atoms with van der Waals surface area (Å²) in [4.78, 5) is 12.1. The average molecular weight is 247 g/mol. The van der Waals surface area contributed by atoms with Gasteiger partial charge in [-0.15, -0.1) is 0 Å². The molecule has 98 valence electrons. The molecule has 1 aromatic carbocycles. The number of carbonyl (C=O) groups excluding carboxylic acids is 1. The summed E-state index contributed by atoms with van der Waals surface area (Å²) in [5.41, 5.74) is 1.94.